The van der Waals surface area contributed by atoms with Crippen LogP contribution in [-0.4, -0.2) is 29.2 Å². The van der Waals surface area contributed by atoms with Gasteiger partial charge in [-0.2, -0.15) is 9.98 Å². The number of fused-ring (bicyclic) bond motifs is 2. The predicted molar refractivity (Wildman–Crippen MR) is 33.5 cm³/mol. The van der Waals surface area contributed by atoms with Crippen LogP contribution in [0.15, 0.2) is 9.98 Å². The first-order chi connectivity index (χ1) is 4.27. The van der Waals surface area contributed by atoms with Crippen LogP contribution in [0.5, 0.6) is 0 Å². The van der Waals surface area contributed by atoms with Crippen LogP contribution in [-0.2, 0) is 0 Å². The second-order valence-electron chi connectivity index (χ2n) is 1.91. The van der Waals surface area contributed by atoms with E-state index in [1.165, 1.54) is 0 Å². The van der Waals surface area contributed by atoms with E-state index in [-0.39, 0.29) is 5.96 Å². The minimum atomic E-state index is 0.206. The molecule has 5 heteroatoms. The molecule has 3 N–H and O–H groups in total. The smallest absolute Gasteiger partial charge is 0.226 e. The maximum atomic E-state index is 7.14. The number of nitrogens with one attached hydrogen (secondary N) is 1. The van der Waals surface area contributed by atoms with Gasteiger partial charge in [-0.1, -0.05) is 0 Å². The highest BCUT2D eigenvalue weighted by molar-refractivity contribution is 6.18. The topological polar surface area (TPSA) is 77.8 Å². The van der Waals surface area contributed by atoms with Crippen molar-refractivity contribution >= 4 is 17.8 Å². The van der Waals surface area contributed by atoms with Crippen molar-refractivity contribution in [1.82, 2.24) is 4.90 Å². The van der Waals surface area contributed by atoms with Gasteiger partial charge in [0.2, 0.25) is 11.9 Å². The molecule has 0 unspecified atom stereocenters. The van der Waals surface area contributed by atoms with Crippen molar-refractivity contribution < 1.29 is 0 Å². The largest absolute Gasteiger partial charge is 0.369 e. The summed E-state index contributed by atoms with van der Waals surface area (Å²) in [6, 6.07) is 0. The van der Waals surface area contributed by atoms with Gasteiger partial charge in [0, 0.05) is 0 Å². The third-order valence-corrected chi connectivity index (χ3v) is 1.31. The summed E-state index contributed by atoms with van der Waals surface area (Å²) in [6.07, 6.45) is 0. The molecule has 0 fully saturated rings. The van der Waals surface area contributed by atoms with Gasteiger partial charge in [0.15, 0.2) is 5.84 Å². The van der Waals surface area contributed by atoms with Crippen LogP contribution in [0.4, 0.5) is 0 Å². The number of nitrogens with two attached hydrogens (primary N) is 1. The van der Waals surface area contributed by atoms with Crippen molar-refractivity contribution in [3.8, 4) is 0 Å². The van der Waals surface area contributed by atoms with Crippen LogP contribution in [0.1, 0.15) is 0 Å². The Balaban J connectivity index is 2.50. The van der Waals surface area contributed by atoms with E-state index in [1.807, 2.05) is 0 Å². The number of rotatable bonds is 0. The molecule has 9 heavy (non-hydrogen) atoms. The van der Waals surface area contributed by atoms with Crippen molar-refractivity contribution in [3.05, 3.63) is 0 Å². The van der Waals surface area contributed by atoms with Gasteiger partial charge in [-0.05, 0) is 0 Å². The minimum absolute atomic E-state index is 0.206. The molecule has 0 radical (unpaired) electrons. The van der Waals surface area contributed by atoms with Crippen LogP contribution in [0, 0.1) is 5.41 Å². The first kappa shape index (κ1) is 4.49. The highest BCUT2D eigenvalue weighted by Crippen LogP contribution is 2.09. The molecule has 0 aliphatic carbocycles. The van der Waals surface area contributed by atoms with E-state index >= 15 is 0 Å². The number of amidine groups is 1. The van der Waals surface area contributed by atoms with Gasteiger partial charge in [0.1, 0.15) is 0 Å². The molecule has 46 valence electrons. The first-order valence-corrected chi connectivity index (χ1v) is 2.55. The summed E-state index contributed by atoms with van der Waals surface area (Å²) in [5.74, 6) is 1.25. The van der Waals surface area contributed by atoms with Gasteiger partial charge in [-0.15, -0.1) is 0 Å². The maximum absolute atomic E-state index is 7.14. The average molecular weight is 123 g/mol. The first-order valence-electron chi connectivity index (χ1n) is 2.55. The van der Waals surface area contributed by atoms with E-state index in [0.29, 0.717) is 18.3 Å². The van der Waals surface area contributed by atoms with Crippen LogP contribution in [0.3, 0.4) is 0 Å². The number of hydrogen-bond donors (Lipinski definition) is 2. The summed E-state index contributed by atoms with van der Waals surface area (Å²) in [5.41, 5.74) is 5.36. The SMILES string of the molecule is N=C1N=C2CN1C(N)=N2. The molecule has 2 aliphatic rings. The molecule has 0 aromatic heterocycles. The van der Waals surface area contributed by atoms with Crippen molar-refractivity contribution in [2.24, 2.45) is 15.7 Å². The number of nitrogens with zero attached hydrogens (tertiary/aromatic N) is 3. The summed E-state index contributed by atoms with van der Waals surface area (Å²) in [5, 5.41) is 7.14. The fraction of sp³-hybridized carbons (Fsp3) is 0.250. The van der Waals surface area contributed by atoms with E-state index in [0.717, 1.165) is 0 Å². The summed E-state index contributed by atoms with van der Waals surface area (Å²) < 4.78 is 0. The fourth-order valence-electron chi connectivity index (χ4n) is 0.877. The van der Waals surface area contributed by atoms with Gasteiger partial charge in [0.25, 0.3) is 0 Å². The van der Waals surface area contributed by atoms with Crippen LogP contribution in [0.2, 0.25) is 0 Å². The Hall–Kier alpha value is -1.39. The highest BCUT2D eigenvalue weighted by atomic mass is 15.4. The maximum Gasteiger partial charge on any atom is 0.226 e. The lowest BCUT2D eigenvalue weighted by molar-refractivity contribution is 0.719. The second kappa shape index (κ2) is 1.12. The lowest BCUT2D eigenvalue weighted by Gasteiger charge is -2.09. The predicted octanol–water partition coefficient (Wildman–Crippen LogP) is -1.04. The molecule has 0 saturated carbocycles. The Morgan fingerprint density at radius 2 is 2.33 bits per heavy atom. The van der Waals surface area contributed by atoms with Crippen molar-refractivity contribution in [2.75, 3.05) is 6.54 Å². The van der Waals surface area contributed by atoms with E-state index in [9.17, 15) is 0 Å². The Bertz CT molecular complexity index is 237. The Morgan fingerprint density at radius 1 is 1.56 bits per heavy atom. The van der Waals surface area contributed by atoms with E-state index in [2.05, 4.69) is 9.98 Å². The molecule has 0 atom stereocenters. The lowest BCUT2D eigenvalue weighted by atomic mass is 10.6. The Kier molecular flexibility index (Phi) is 0.560. The summed E-state index contributed by atoms with van der Waals surface area (Å²) >= 11 is 0. The molecular weight excluding hydrogens is 118 g/mol. The summed E-state index contributed by atoms with van der Waals surface area (Å²) in [6.45, 7) is 0.588. The van der Waals surface area contributed by atoms with Gasteiger partial charge in [0.05, 0.1) is 6.54 Å². The standard InChI is InChI=1S/C4H5N5/c5-3-7-2-1-9(3)4(6)8-2/h1H2,(H3,5,6,7,8). The minimum Gasteiger partial charge on any atom is -0.369 e. The van der Waals surface area contributed by atoms with Crippen molar-refractivity contribution in [3.63, 3.8) is 0 Å². The molecule has 0 aromatic rings. The zero-order valence-electron chi connectivity index (χ0n) is 4.63. The van der Waals surface area contributed by atoms with Gasteiger partial charge >= 0.3 is 0 Å². The molecule has 2 aliphatic heterocycles. The zero-order valence-corrected chi connectivity index (χ0v) is 4.63. The number of hydrogen-bond acceptors (Lipinski definition) is 3. The van der Waals surface area contributed by atoms with Gasteiger partial charge in [-0.3, -0.25) is 10.3 Å². The molecule has 2 bridgehead atoms. The fourth-order valence-corrected chi connectivity index (χ4v) is 0.877. The zero-order chi connectivity index (χ0) is 6.43. The third kappa shape index (κ3) is 0.406. The van der Waals surface area contributed by atoms with Crippen LogP contribution >= 0.6 is 0 Å². The van der Waals surface area contributed by atoms with Gasteiger partial charge in [-0.25, -0.2) is 0 Å². The molecule has 0 spiro atoms. The third-order valence-electron chi connectivity index (χ3n) is 1.31. The monoisotopic (exact) mass is 123 g/mol. The van der Waals surface area contributed by atoms with Crippen molar-refractivity contribution in [1.29, 1.82) is 5.41 Å². The van der Waals surface area contributed by atoms with Crippen molar-refractivity contribution in [2.45, 2.75) is 0 Å². The molecule has 0 aromatic carbocycles. The Morgan fingerprint density at radius 3 is 2.67 bits per heavy atom. The molecule has 0 saturated heterocycles. The van der Waals surface area contributed by atoms with Gasteiger partial charge < -0.3 is 5.73 Å². The number of aliphatic imine (C=N–C) groups is 2. The Labute approximate surface area is 51.4 Å². The van der Waals surface area contributed by atoms with E-state index in [4.69, 9.17) is 11.1 Å². The molecule has 2 heterocycles. The van der Waals surface area contributed by atoms with E-state index in [1.54, 1.807) is 4.90 Å². The van der Waals surface area contributed by atoms with Crippen LogP contribution in [0.25, 0.3) is 0 Å². The normalized spacial score (nSPS) is 22.7. The average Bonchev–Trinajstić information content (AvgIpc) is 2.22. The number of guanidine groups is 2. The van der Waals surface area contributed by atoms with Crippen LogP contribution < -0.4 is 5.73 Å². The summed E-state index contributed by atoms with van der Waals surface area (Å²) in [4.78, 5) is 9.15. The summed E-state index contributed by atoms with van der Waals surface area (Å²) in [7, 11) is 0. The highest BCUT2D eigenvalue weighted by Gasteiger charge is 2.29. The molecule has 5 nitrogen and oxygen atoms in total. The molecule has 2 rings (SSSR count). The quantitative estimate of drug-likeness (QED) is 0.431. The molecule has 0 amide bonds. The lowest BCUT2D eigenvalue weighted by Crippen LogP contribution is -2.35. The molecular formula is C4H5N5. The van der Waals surface area contributed by atoms with E-state index < -0.39 is 0 Å². The second-order valence-corrected chi connectivity index (χ2v) is 1.91.